The molecule has 5 aromatic carbocycles. The van der Waals surface area contributed by atoms with E-state index in [1.165, 1.54) is 60.8 Å². The van der Waals surface area contributed by atoms with Crippen molar-refractivity contribution in [3.05, 3.63) is 120 Å². The van der Waals surface area contributed by atoms with E-state index in [0.29, 0.717) is 0 Å². The van der Waals surface area contributed by atoms with E-state index in [4.69, 9.17) is 0 Å². The Labute approximate surface area is 197 Å². The molecule has 0 saturated heterocycles. The van der Waals surface area contributed by atoms with E-state index >= 15 is 0 Å². The quantitative estimate of drug-likeness (QED) is 0.263. The van der Waals surface area contributed by atoms with Crippen molar-refractivity contribution in [1.82, 2.24) is 0 Å². The summed E-state index contributed by atoms with van der Waals surface area (Å²) in [6.07, 6.45) is 2.14. The highest BCUT2D eigenvalue weighted by Gasteiger charge is 2.06. The lowest BCUT2D eigenvalue weighted by atomic mass is 9.94. The molecule has 0 aliphatic carbocycles. The van der Waals surface area contributed by atoms with Crippen LogP contribution < -0.4 is 0 Å². The number of fused-ring (bicyclic) bond motifs is 1. The van der Waals surface area contributed by atoms with Gasteiger partial charge >= 0.3 is 0 Å². The Morgan fingerprint density at radius 2 is 0.788 bits per heavy atom. The van der Waals surface area contributed by atoms with Gasteiger partial charge < -0.3 is 0 Å². The summed E-state index contributed by atoms with van der Waals surface area (Å²) in [6.45, 7) is 6.59. The predicted molar refractivity (Wildman–Crippen MR) is 144 cm³/mol. The minimum absolute atomic E-state index is 1.07. The normalized spacial score (nSPS) is 11.1. The van der Waals surface area contributed by atoms with Crippen LogP contribution in [0.2, 0.25) is 0 Å². The molecule has 0 unspecified atom stereocenters. The molecule has 0 aromatic heterocycles. The third kappa shape index (κ3) is 4.47. The van der Waals surface area contributed by atoms with Crippen molar-refractivity contribution >= 4 is 10.8 Å². The predicted octanol–water partition coefficient (Wildman–Crippen LogP) is 9.27. The van der Waals surface area contributed by atoms with Crippen molar-refractivity contribution in [3.8, 4) is 33.4 Å². The zero-order chi connectivity index (χ0) is 22.8. The fourth-order valence-electron chi connectivity index (χ4n) is 4.54. The van der Waals surface area contributed by atoms with Crippen LogP contribution in [0.25, 0.3) is 44.2 Å². The first-order chi connectivity index (χ1) is 16.1. The monoisotopic (exact) mass is 426 g/mol. The smallest absolute Gasteiger partial charge is 0.0177 e. The van der Waals surface area contributed by atoms with Crippen molar-refractivity contribution < 1.29 is 0 Å². The third-order valence-corrected chi connectivity index (χ3v) is 6.65. The van der Waals surface area contributed by atoms with Crippen LogP contribution in [0.15, 0.2) is 103 Å². The summed E-state index contributed by atoms with van der Waals surface area (Å²) < 4.78 is 0. The van der Waals surface area contributed by atoms with Gasteiger partial charge in [-0.15, -0.1) is 0 Å². The second kappa shape index (κ2) is 9.08. The van der Waals surface area contributed by atoms with Gasteiger partial charge in [0.15, 0.2) is 0 Å². The maximum atomic E-state index is 2.34. The van der Waals surface area contributed by atoms with E-state index in [1.807, 2.05) is 0 Å². The van der Waals surface area contributed by atoms with Gasteiger partial charge in [-0.1, -0.05) is 110 Å². The van der Waals surface area contributed by atoms with Crippen molar-refractivity contribution in [3.63, 3.8) is 0 Å². The Morgan fingerprint density at radius 3 is 1.27 bits per heavy atom. The Morgan fingerprint density at radius 1 is 0.394 bits per heavy atom. The lowest BCUT2D eigenvalue weighted by Gasteiger charge is -2.10. The zero-order valence-corrected chi connectivity index (χ0v) is 19.7. The van der Waals surface area contributed by atoms with Crippen LogP contribution in [0.3, 0.4) is 0 Å². The number of aryl methyl sites for hydroxylation is 3. The standard InChI is InChI=1S/C33H30/c1-4-24-18-25(5-2)20-33(19-24)32-17-16-30-21-29(14-15-31(30)22-32)28-12-10-27(11-13-28)26-8-6-23(3)7-9-26/h6-22H,4-5H2,1-3H3. The van der Waals surface area contributed by atoms with Gasteiger partial charge in [-0.25, -0.2) is 0 Å². The zero-order valence-electron chi connectivity index (χ0n) is 19.7. The van der Waals surface area contributed by atoms with Crippen molar-refractivity contribution in [2.24, 2.45) is 0 Å². The largest absolute Gasteiger partial charge is 0.0613 e. The molecular formula is C33H30. The van der Waals surface area contributed by atoms with Gasteiger partial charge in [-0.3, -0.25) is 0 Å². The van der Waals surface area contributed by atoms with Gasteiger partial charge in [0.25, 0.3) is 0 Å². The fourth-order valence-corrected chi connectivity index (χ4v) is 4.54. The van der Waals surface area contributed by atoms with Crippen LogP contribution in [0.4, 0.5) is 0 Å². The molecule has 33 heavy (non-hydrogen) atoms. The fraction of sp³-hybridized carbons (Fsp3) is 0.152. The molecule has 0 radical (unpaired) electrons. The van der Waals surface area contributed by atoms with Crippen LogP contribution in [0, 0.1) is 6.92 Å². The highest BCUT2D eigenvalue weighted by molar-refractivity contribution is 5.91. The maximum absolute atomic E-state index is 2.34. The van der Waals surface area contributed by atoms with Gasteiger partial charge in [0.05, 0.1) is 0 Å². The first-order valence-electron chi connectivity index (χ1n) is 12.0. The summed E-state index contributed by atoms with van der Waals surface area (Å²) in [5, 5.41) is 2.56. The van der Waals surface area contributed by atoms with E-state index in [2.05, 4.69) is 124 Å². The molecule has 0 saturated carbocycles. The topological polar surface area (TPSA) is 0 Å². The second-order valence-electron chi connectivity index (χ2n) is 8.97. The van der Waals surface area contributed by atoms with Crippen molar-refractivity contribution in [1.29, 1.82) is 0 Å². The van der Waals surface area contributed by atoms with Crippen molar-refractivity contribution in [2.45, 2.75) is 33.6 Å². The van der Waals surface area contributed by atoms with Gasteiger partial charge in [-0.2, -0.15) is 0 Å². The lowest BCUT2D eigenvalue weighted by Crippen LogP contribution is -1.89. The molecule has 0 amide bonds. The molecule has 5 aromatic rings. The number of rotatable bonds is 5. The SMILES string of the molecule is CCc1cc(CC)cc(-c2ccc3cc(-c4ccc(-c5ccc(C)cc5)cc4)ccc3c2)c1. The molecule has 0 bridgehead atoms. The average molecular weight is 427 g/mol. The molecule has 5 rings (SSSR count). The number of hydrogen-bond acceptors (Lipinski definition) is 0. The lowest BCUT2D eigenvalue weighted by molar-refractivity contribution is 1.09. The van der Waals surface area contributed by atoms with E-state index in [0.717, 1.165) is 12.8 Å². The summed E-state index contributed by atoms with van der Waals surface area (Å²) in [5.74, 6) is 0. The summed E-state index contributed by atoms with van der Waals surface area (Å²) in [6, 6.07) is 38.3. The van der Waals surface area contributed by atoms with Gasteiger partial charge in [0, 0.05) is 0 Å². The molecule has 0 N–H and O–H groups in total. The maximum Gasteiger partial charge on any atom is -0.0177 e. The first kappa shape index (κ1) is 21.2. The van der Waals surface area contributed by atoms with Crippen LogP contribution in [-0.4, -0.2) is 0 Å². The van der Waals surface area contributed by atoms with Crippen LogP contribution in [0.5, 0.6) is 0 Å². The Kier molecular flexibility index (Phi) is 5.84. The van der Waals surface area contributed by atoms with E-state index in [-0.39, 0.29) is 0 Å². The average Bonchev–Trinajstić information content (AvgIpc) is 2.88. The molecule has 0 fully saturated rings. The summed E-state index contributed by atoms with van der Waals surface area (Å²) >= 11 is 0. The van der Waals surface area contributed by atoms with Gasteiger partial charge in [0.1, 0.15) is 0 Å². The first-order valence-corrected chi connectivity index (χ1v) is 12.0. The summed E-state index contributed by atoms with van der Waals surface area (Å²) in [5.41, 5.74) is 11.8. The van der Waals surface area contributed by atoms with E-state index in [1.54, 1.807) is 0 Å². The van der Waals surface area contributed by atoms with E-state index in [9.17, 15) is 0 Å². The molecule has 0 spiro atoms. The minimum Gasteiger partial charge on any atom is -0.0613 e. The second-order valence-corrected chi connectivity index (χ2v) is 8.97. The van der Waals surface area contributed by atoms with Gasteiger partial charge in [0.2, 0.25) is 0 Å². The number of benzene rings is 5. The molecule has 0 aliphatic heterocycles. The third-order valence-electron chi connectivity index (χ3n) is 6.65. The molecule has 0 nitrogen and oxygen atoms in total. The molecule has 0 atom stereocenters. The minimum atomic E-state index is 1.07. The molecule has 162 valence electrons. The molecule has 0 aliphatic rings. The molecular weight excluding hydrogens is 396 g/mol. The Balaban J connectivity index is 1.45. The molecule has 0 heterocycles. The Hall–Kier alpha value is -3.64. The Bertz CT molecular complexity index is 1380. The van der Waals surface area contributed by atoms with Crippen molar-refractivity contribution in [2.75, 3.05) is 0 Å². The summed E-state index contributed by atoms with van der Waals surface area (Å²) in [7, 11) is 0. The van der Waals surface area contributed by atoms with Crippen LogP contribution in [-0.2, 0) is 12.8 Å². The number of hydrogen-bond donors (Lipinski definition) is 0. The van der Waals surface area contributed by atoms with E-state index < -0.39 is 0 Å². The highest BCUT2D eigenvalue weighted by Crippen LogP contribution is 2.31. The highest BCUT2D eigenvalue weighted by atomic mass is 14.1. The summed E-state index contributed by atoms with van der Waals surface area (Å²) in [4.78, 5) is 0. The van der Waals surface area contributed by atoms with Crippen LogP contribution >= 0.6 is 0 Å². The van der Waals surface area contributed by atoms with Crippen LogP contribution in [0.1, 0.15) is 30.5 Å². The van der Waals surface area contributed by atoms with Gasteiger partial charge in [-0.05, 0) is 87.2 Å². The molecule has 0 heteroatoms.